The van der Waals surface area contributed by atoms with Crippen molar-refractivity contribution in [1.82, 2.24) is 0 Å². The van der Waals surface area contributed by atoms with Gasteiger partial charge in [0.1, 0.15) is 129 Å². The monoisotopic (exact) mass is 876 g/mol. The van der Waals surface area contributed by atoms with Gasteiger partial charge < -0.3 is 89.8 Å². The molecule has 0 aliphatic carbocycles. The molecule has 0 bridgehead atoms. The summed E-state index contributed by atoms with van der Waals surface area (Å²) in [6.07, 6.45) is -20.2. The molecule has 20 nitrogen and oxygen atoms in total. The van der Waals surface area contributed by atoms with Crippen LogP contribution in [0.15, 0.2) is 79.1 Å². The minimum atomic E-state index is -2.14. The topological polar surface area (TPSA) is 362 Å². The van der Waals surface area contributed by atoms with Crippen LogP contribution in [-0.2, 0) is 15.9 Å². The fourth-order valence-electron chi connectivity index (χ4n) is 8.15. The largest absolute Gasteiger partial charge is 0.508 e. The van der Waals surface area contributed by atoms with Crippen LogP contribution in [0.4, 0.5) is 0 Å². The minimum Gasteiger partial charge on any atom is -0.508 e. The Labute approximate surface area is 352 Å². The predicted molar refractivity (Wildman–Crippen MR) is 214 cm³/mol. The number of aliphatic hydroxyl groups excluding tert-OH is 8. The summed E-state index contributed by atoms with van der Waals surface area (Å²) in [5, 5.41) is 151. The molecule has 6 aromatic rings. The molecule has 4 heterocycles. The van der Waals surface area contributed by atoms with Gasteiger partial charge in [0.15, 0.2) is 10.9 Å². The Bertz CT molecular complexity index is 2640. The molecule has 10 unspecified atom stereocenters. The van der Waals surface area contributed by atoms with E-state index < -0.39 is 159 Å². The van der Waals surface area contributed by atoms with Gasteiger partial charge in [0.25, 0.3) is 0 Å². The zero-order valence-corrected chi connectivity index (χ0v) is 32.4. The highest BCUT2D eigenvalue weighted by molar-refractivity contribution is 5.95. The van der Waals surface area contributed by atoms with E-state index in [-0.39, 0.29) is 34.1 Å². The number of hydrogen-bond donors (Lipinski definition) is 14. The van der Waals surface area contributed by atoms with Gasteiger partial charge in [-0.05, 0) is 48.5 Å². The van der Waals surface area contributed by atoms with E-state index in [1.807, 2.05) is 0 Å². The van der Waals surface area contributed by atoms with E-state index in [4.69, 9.17) is 18.3 Å². The molecule has 332 valence electrons. The maximum Gasteiger partial charge on any atom is 0.197 e. The first-order valence-corrected chi connectivity index (χ1v) is 19.3. The lowest BCUT2D eigenvalue weighted by Gasteiger charge is -2.40. The van der Waals surface area contributed by atoms with Crippen LogP contribution in [0.3, 0.4) is 0 Å². The van der Waals surface area contributed by atoms with Gasteiger partial charge in [0.2, 0.25) is 0 Å². The Hall–Kier alpha value is -6.30. The molecule has 8 rings (SSSR count). The molecule has 0 radical (unpaired) electrons. The van der Waals surface area contributed by atoms with E-state index >= 15 is 0 Å². The van der Waals surface area contributed by atoms with E-state index in [2.05, 4.69) is 0 Å². The van der Waals surface area contributed by atoms with E-state index in [9.17, 15) is 81.1 Å². The maximum atomic E-state index is 14.1. The van der Waals surface area contributed by atoms with Crippen molar-refractivity contribution in [3.63, 3.8) is 0 Å². The van der Waals surface area contributed by atoms with Crippen LogP contribution < -0.4 is 10.9 Å². The zero-order valence-electron chi connectivity index (χ0n) is 32.4. The number of aromatic hydroxyl groups is 6. The van der Waals surface area contributed by atoms with E-state index in [1.54, 1.807) is 0 Å². The van der Waals surface area contributed by atoms with E-state index in [1.165, 1.54) is 48.5 Å². The third kappa shape index (κ3) is 7.17. The maximum absolute atomic E-state index is 14.1. The number of benzene rings is 4. The molecule has 2 aromatic heterocycles. The number of phenolic OH excluding ortho intramolecular Hbond substituents is 6. The molecule has 20 heteroatoms. The van der Waals surface area contributed by atoms with Gasteiger partial charge in [-0.1, -0.05) is 0 Å². The van der Waals surface area contributed by atoms with Crippen LogP contribution in [0, 0.1) is 0 Å². The first-order valence-electron chi connectivity index (χ1n) is 19.3. The van der Waals surface area contributed by atoms with Crippen molar-refractivity contribution in [3.05, 3.63) is 103 Å². The van der Waals surface area contributed by atoms with Crippen molar-refractivity contribution in [2.24, 2.45) is 0 Å². The lowest BCUT2D eigenvalue weighted by Crippen LogP contribution is -2.55. The van der Waals surface area contributed by atoms with E-state index in [0.29, 0.717) is 0 Å². The molecule has 4 aromatic carbocycles. The third-order valence-electron chi connectivity index (χ3n) is 11.5. The Kier molecular flexibility index (Phi) is 11.3. The third-order valence-corrected chi connectivity index (χ3v) is 11.5. The van der Waals surface area contributed by atoms with Crippen molar-refractivity contribution in [2.75, 3.05) is 13.2 Å². The number of fused-ring (bicyclic) bond motifs is 2. The number of aliphatic hydroxyl groups is 8. The lowest BCUT2D eigenvalue weighted by molar-refractivity contribution is -0.232. The van der Waals surface area contributed by atoms with Gasteiger partial charge in [-0.25, -0.2) is 0 Å². The highest BCUT2D eigenvalue weighted by Crippen LogP contribution is 2.51. The highest BCUT2D eigenvalue weighted by Gasteiger charge is 2.48. The zero-order chi connectivity index (χ0) is 45.3. The molecule has 63 heavy (non-hydrogen) atoms. The van der Waals surface area contributed by atoms with Gasteiger partial charge in [-0.3, -0.25) is 9.59 Å². The molecule has 0 spiro atoms. The van der Waals surface area contributed by atoms with Gasteiger partial charge in [-0.2, -0.15) is 0 Å². The molecule has 2 saturated heterocycles. The Morgan fingerprint density at radius 1 is 0.460 bits per heavy atom. The fourth-order valence-corrected chi connectivity index (χ4v) is 8.15. The van der Waals surface area contributed by atoms with Crippen LogP contribution in [0.1, 0.15) is 34.5 Å². The lowest BCUT2D eigenvalue weighted by atomic mass is 9.85. The van der Waals surface area contributed by atoms with Crippen LogP contribution in [-0.4, -0.2) is 134 Å². The minimum absolute atomic E-state index is 0.153. The summed E-state index contributed by atoms with van der Waals surface area (Å²) >= 11 is 0. The smallest absolute Gasteiger partial charge is 0.197 e. The molecule has 2 aliphatic heterocycles. The summed E-state index contributed by atoms with van der Waals surface area (Å²) in [4.78, 5) is 28.2. The quantitative estimate of drug-likeness (QED) is 0.0963. The SMILES string of the molecule is O=c1cc(-c2ccc(O)cc2)oc2c(Cc3c(O)c(C4OC(CO)C(O)C(O)C4O)c(O)c4c(=O)cc(-c5ccc(O)cc5)oc34)c(O)c(C3OC(CO)C(O)C(O)C3O)c(O)c12. The van der Waals surface area contributed by atoms with E-state index in [0.717, 1.165) is 12.1 Å². The number of phenols is 6. The average Bonchev–Trinajstić information content (AvgIpc) is 3.26. The molecule has 2 fully saturated rings. The summed E-state index contributed by atoms with van der Waals surface area (Å²) < 4.78 is 23.7. The predicted octanol–water partition coefficient (Wildman–Crippen LogP) is 0.0876. The number of hydrogen-bond acceptors (Lipinski definition) is 20. The van der Waals surface area contributed by atoms with Crippen molar-refractivity contribution in [3.8, 4) is 57.1 Å². The van der Waals surface area contributed by atoms with Crippen LogP contribution in [0.5, 0.6) is 34.5 Å². The summed E-state index contributed by atoms with van der Waals surface area (Å²) in [5.41, 5.74) is -5.38. The standard InChI is InChI=1S/C43H40O20/c44-12-24-32(52)36(56)38(58)42(62-24)28-30(50)18(40-26(34(28)54)20(48)10-22(60-40)14-1-5-16(46)6-2-14)9-19-31(51)29(43-39(59)37(57)33(53)25(13-45)63-43)35(55)27-21(49)11-23(61-41(19)27)15-3-7-17(47)8-4-15/h1-8,10-11,24-25,32-33,36-39,42-47,50-59H,9,12-13H2. The van der Waals surface area contributed by atoms with Gasteiger partial charge in [0.05, 0.1) is 24.3 Å². The van der Waals surface area contributed by atoms with Crippen molar-refractivity contribution in [2.45, 2.75) is 67.5 Å². The fraction of sp³-hybridized carbons (Fsp3) is 0.302. The Morgan fingerprint density at radius 3 is 1.14 bits per heavy atom. The van der Waals surface area contributed by atoms with Crippen LogP contribution in [0.2, 0.25) is 0 Å². The van der Waals surface area contributed by atoms with Crippen LogP contribution in [0.25, 0.3) is 44.6 Å². The van der Waals surface area contributed by atoms with Crippen molar-refractivity contribution >= 4 is 21.9 Å². The Balaban J connectivity index is 1.46. The van der Waals surface area contributed by atoms with Crippen LogP contribution >= 0.6 is 0 Å². The number of rotatable bonds is 8. The summed E-state index contributed by atoms with van der Waals surface area (Å²) in [6, 6.07) is 12.4. The normalized spacial score (nSPS) is 26.3. The number of ether oxygens (including phenoxy) is 2. The van der Waals surface area contributed by atoms with Gasteiger partial charge in [-0.15, -0.1) is 0 Å². The molecule has 10 atom stereocenters. The van der Waals surface area contributed by atoms with Crippen molar-refractivity contribution in [1.29, 1.82) is 0 Å². The van der Waals surface area contributed by atoms with Crippen molar-refractivity contribution < 1.29 is 89.8 Å². The molecule has 14 N–H and O–H groups in total. The first-order chi connectivity index (χ1) is 30.0. The second kappa shape index (κ2) is 16.4. The molecule has 0 amide bonds. The summed E-state index contributed by atoms with van der Waals surface area (Å²) in [5.74, 6) is -4.88. The first kappa shape index (κ1) is 43.4. The Morgan fingerprint density at radius 2 is 0.810 bits per heavy atom. The highest BCUT2D eigenvalue weighted by atomic mass is 16.6. The molecule has 2 aliphatic rings. The molecular weight excluding hydrogens is 836 g/mol. The second-order valence-corrected chi connectivity index (χ2v) is 15.3. The average molecular weight is 877 g/mol. The molecule has 0 saturated carbocycles. The summed E-state index contributed by atoms with van der Waals surface area (Å²) in [7, 11) is 0. The van der Waals surface area contributed by atoms with Gasteiger partial charge in [0, 0.05) is 40.8 Å². The van der Waals surface area contributed by atoms with Gasteiger partial charge >= 0.3 is 0 Å². The second-order valence-electron chi connectivity index (χ2n) is 15.3. The molecular formula is C43H40O20. The summed E-state index contributed by atoms with van der Waals surface area (Å²) in [6.45, 7) is -1.87.